The first-order chi connectivity index (χ1) is 6.76. The van der Waals surface area contributed by atoms with Crippen LogP contribution in [0.5, 0.6) is 0 Å². The van der Waals surface area contributed by atoms with Crippen molar-refractivity contribution < 1.29 is 4.74 Å². The van der Waals surface area contributed by atoms with Crippen molar-refractivity contribution in [1.82, 2.24) is 0 Å². The Balaban J connectivity index is 2.10. The van der Waals surface area contributed by atoms with Gasteiger partial charge in [0.2, 0.25) is 0 Å². The van der Waals surface area contributed by atoms with Gasteiger partial charge in [0.25, 0.3) is 0 Å². The molecular formula is C13H26O. The van der Waals surface area contributed by atoms with E-state index in [0.717, 1.165) is 24.9 Å². The minimum atomic E-state index is 0.457. The highest BCUT2D eigenvalue weighted by atomic mass is 16.5. The SMILES string of the molecule is CCC1CCC(COC(C)CC)CC1. The van der Waals surface area contributed by atoms with Gasteiger partial charge in [-0.2, -0.15) is 0 Å². The second-order valence-electron chi connectivity index (χ2n) is 4.85. The molecule has 1 nitrogen and oxygen atoms in total. The Hall–Kier alpha value is -0.0400. The summed E-state index contributed by atoms with van der Waals surface area (Å²) in [6, 6.07) is 0. The minimum Gasteiger partial charge on any atom is -0.378 e. The number of ether oxygens (including phenoxy) is 1. The summed E-state index contributed by atoms with van der Waals surface area (Å²) in [6.07, 6.45) is 8.64. The molecule has 1 aliphatic carbocycles. The Kier molecular flexibility index (Phi) is 5.54. The van der Waals surface area contributed by atoms with Crippen LogP contribution in [0.25, 0.3) is 0 Å². The van der Waals surface area contributed by atoms with E-state index in [9.17, 15) is 0 Å². The monoisotopic (exact) mass is 198 g/mol. The van der Waals surface area contributed by atoms with Crippen LogP contribution in [0, 0.1) is 11.8 Å². The second-order valence-corrected chi connectivity index (χ2v) is 4.85. The molecule has 0 aromatic heterocycles. The lowest BCUT2D eigenvalue weighted by atomic mass is 9.81. The molecular weight excluding hydrogens is 172 g/mol. The van der Waals surface area contributed by atoms with Gasteiger partial charge in [0.1, 0.15) is 0 Å². The maximum absolute atomic E-state index is 5.80. The van der Waals surface area contributed by atoms with Gasteiger partial charge >= 0.3 is 0 Å². The van der Waals surface area contributed by atoms with E-state index >= 15 is 0 Å². The Morgan fingerprint density at radius 1 is 1.07 bits per heavy atom. The third kappa shape index (κ3) is 4.00. The maximum atomic E-state index is 5.80. The largest absolute Gasteiger partial charge is 0.378 e. The molecule has 1 atom stereocenters. The Bertz CT molecular complexity index is 136. The number of hydrogen-bond donors (Lipinski definition) is 0. The lowest BCUT2D eigenvalue weighted by molar-refractivity contribution is 0.0250. The van der Waals surface area contributed by atoms with E-state index in [2.05, 4.69) is 20.8 Å². The molecule has 0 bridgehead atoms. The lowest BCUT2D eigenvalue weighted by Crippen LogP contribution is -2.20. The molecule has 0 heterocycles. The highest BCUT2D eigenvalue weighted by molar-refractivity contribution is 4.71. The van der Waals surface area contributed by atoms with Crippen molar-refractivity contribution in [3.63, 3.8) is 0 Å². The third-order valence-corrected chi connectivity index (χ3v) is 3.74. The summed E-state index contributed by atoms with van der Waals surface area (Å²) in [5, 5.41) is 0. The molecule has 1 rings (SSSR count). The minimum absolute atomic E-state index is 0.457. The first-order valence-electron chi connectivity index (χ1n) is 6.37. The summed E-state index contributed by atoms with van der Waals surface area (Å²) < 4.78 is 5.80. The van der Waals surface area contributed by atoms with Crippen LogP contribution in [0.1, 0.15) is 59.3 Å². The van der Waals surface area contributed by atoms with Crippen LogP contribution in [0.4, 0.5) is 0 Å². The first-order valence-corrected chi connectivity index (χ1v) is 6.37. The van der Waals surface area contributed by atoms with Crippen LogP contribution < -0.4 is 0 Å². The predicted molar refractivity (Wildman–Crippen MR) is 61.4 cm³/mol. The van der Waals surface area contributed by atoms with E-state index in [1.54, 1.807) is 0 Å². The summed E-state index contributed by atoms with van der Waals surface area (Å²) in [5.41, 5.74) is 0. The average molecular weight is 198 g/mol. The van der Waals surface area contributed by atoms with Gasteiger partial charge in [-0.1, -0.05) is 33.1 Å². The topological polar surface area (TPSA) is 9.23 Å². The van der Waals surface area contributed by atoms with E-state index in [-0.39, 0.29) is 0 Å². The Labute approximate surface area is 89.2 Å². The van der Waals surface area contributed by atoms with Gasteiger partial charge < -0.3 is 4.74 Å². The molecule has 14 heavy (non-hydrogen) atoms. The van der Waals surface area contributed by atoms with E-state index in [0.29, 0.717) is 6.10 Å². The third-order valence-electron chi connectivity index (χ3n) is 3.74. The van der Waals surface area contributed by atoms with Crippen molar-refractivity contribution in [2.75, 3.05) is 6.61 Å². The molecule has 0 amide bonds. The van der Waals surface area contributed by atoms with Gasteiger partial charge in [-0.05, 0) is 38.0 Å². The molecule has 0 radical (unpaired) electrons. The Morgan fingerprint density at radius 3 is 2.14 bits per heavy atom. The molecule has 0 aromatic rings. The van der Waals surface area contributed by atoms with Crippen LogP contribution in [-0.2, 0) is 4.74 Å². The van der Waals surface area contributed by atoms with Crippen molar-refractivity contribution in [1.29, 1.82) is 0 Å². The van der Waals surface area contributed by atoms with Crippen LogP contribution >= 0.6 is 0 Å². The van der Waals surface area contributed by atoms with Gasteiger partial charge in [-0.15, -0.1) is 0 Å². The standard InChI is InChI=1S/C13H26O/c1-4-11(3)14-10-13-8-6-12(5-2)7-9-13/h11-13H,4-10H2,1-3H3. The fraction of sp³-hybridized carbons (Fsp3) is 1.00. The molecule has 0 aliphatic heterocycles. The first kappa shape index (κ1) is 12.0. The molecule has 1 fully saturated rings. The highest BCUT2D eigenvalue weighted by Crippen LogP contribution is 2.30. The zero-order chi connectivity index (χ0) is 10.4. The smallest absolute Gasteiger partial charge is 0.0544 e. The molecule has 1 aliphatic rings. The summed E-state index contributed by atoms with van der Waals surface area (Å²) in [5.74, 6) is 1.86. The highest BCUT2D eigenvalue weighted by Gasteiger charge is 2.20. The molecule has 84 valence electrons. The van der Waals surface area contributed by atoms with Crippen LogP contribution in [0.15, 0.2) is 0 Å². The lowest BCUT2D eigenvalue weighted by Gasteiger charge is -2.28. The maximum Gasteiger partial charge on any atom is 0.0544 e. The van der Waals surface area contributed by atoms with Crippen molar-refractivity contribution in [3.8, 4) is 0 Å². The van der Waals surface area contributed by atoms with Crippen LogP contribution in [0.3, 0.4) is 0 Å². The van der Waals surface area contributed by atoms with Crippen molar-refractivity contribution in [3.05, 3.63) is 0 Å². The summed E-state index contributed by atoms with van der Waals surface area (Å²) >= 11 is 0. The van der Waals surface area contributed by atoms with Gasteiger partial charge in [-0.3, -0.25) is 0 Å². The quantitative estimate of drug-likeness (QED) is 0.648. The van der Waals surface area contributed by atoms with E-state index < -0.39 is 0 Å². The predicted octanol–water partition coefficient (Wildman–Crippen LogP) is 4.02. The van der Waals surface area contributed by atoms with Crippen LogP contribution in [-0.4, -0.2) is 12.7 Å². The van der Waals surface area contributed by atoms with Gasteiger partial charge in [0.05, 0.1) is 6.10 Å². The zero-order valence-corrected chi connectivity index (χ0v) is 10.1. The fourth-order valence-corrected chi connectivity index (χ4v) is 2.22. The van der Waals surface area contributed by atoms with Gasteiger partial charge in [0, 0.05) is 6.61 Å². The van der Waals surface area contributed by atoms with Crippen molar-refractivity contribution in [2.24, 2.45) is 11.8 Å². The zero-order valence-electron chi connectivity index (χ0n) is 10.1. The molecule has 1 saturated carbocycles. The average Bonchev–Trinajstić information content (AvgIpc) is 2.26. The van der Waals surface area contributed by atoms with Gasteiger partial charge in [0.15, 0.2) is 0 Å². The van der Waals surface area contributed by atoms with Crippen molar-refractivity contribution in [2.45, 2.75) is 65.4 Å². The normalized spacial score (nSPS) is 30.2. The molecule has 0 aromatic carbocycles. The van der Waals surface area contributed by atoms with E-state index in [4.69, 9.17) is 4.74 Å². The van der Waals surface area contributed by atoms with Crippen molar-refractivity contribution >= 4 is 0 Å². The molecule has 1 unspecified atom stereocenters. The van der Waals surface area contributed by atoms with E-state index in [1.165, 1.54) is 32.1 Å². The van der Waals surface area contributed by atoms with Crippen LogP contribution in [0.2, 0.25) is 0 Å². The van der Waals surface area contributed by atoms with E-state index in [1.807, 2.05) is 0 Å². The van der Waals surface area contributed by atoms with Gasteiger partial charge in [-0.25, -0.2) is 0 Å². The Morgan fingerprint density at radius 2 is 1.64 bits per heavy atom. The summed E-state index contributed by atoms with van der Waals surface area (Å²) in [6.45, 7) is 7.70. The number of hydrogen-bond acceptors (Lipinski definition) is 1. The molecule has 0 saturated heterocycles. The summed E-state index contributed by atoms with van der Waals surface area (Å²) in [7, 11) is 0. The molecule has 0 spiro atoms. The molecule has 1 heteroatoms. The fourth-order valence-electron chi connectivity index (χ4n) is 2.22. The number of rotatable bonds is 5. The summed E-state index contributed by atoms with van der Waals surface area (Å²) in [4.78, 5) is 0. The molecule has 0 N–H and O–H groups in total. The second kappa shape index (κ2) is 6.44.